The topological polar surface area (TPSA) is 35.5 Å². The Morgan fingerprint density at radius 3 is 2.75 bits per heavy atom. The second-order valence-corrected chi connectivity index (χ2v) is 3.41. The fourth-order valence-corrected chi connectivity index (χ4v) is 1.71. The minimum Gasteiger partial charge on any atom is -0.388 e. The molecule has 0 saturated heterocycles. The van der Waals surface area contributed by atoms with Gasteiger partial charge in [-0.2, -0.15) is 0 Å². The van der Waals surface area contributed by atoms with Crippen LogP contribution in [-0.4, -0.2) is 0 Å². The lowest BCUT2D eigenvalue weighted by Crippen LogP contribution is -1.83. The summed E-state index contributed by atoms with van der Waals surface area (Å²) >= 11 is 0. The molecular formula is C6H3F2O3P. The van der Waals surface area contributed by atoms with E-state index in [0.717, 1.165) is 6.07 Å². The van der Waals surface area contributed by atoms with E-state index in [1.807, 2.05) is 0 Å². The van der Waals surface area contributed by atoms with E-state index in [4.69, 9.17) is 0 Å². The molecule has 1 aromatic carbocycles. The van der Waals surface area contributed by atoms with Crippen LogP contribution in [0.4, 0.5) is 8.59 Å². The minimum absolute atomic E-state index is 0.166. The van der Waals surface area contributed by atoms with Gasteiger partial charge in [0.25, 0.3) is 0 Å². The number of hydrogen-bond donors (Lipinski definition) is 0. The van der Waals surface area contributed by atoms with Crippen LogP contribution in [0.5, 0.6) is 11.5 Å². The maximum absolute atomic E-state index is 12.7. The van der Waals surface area contributed by atoms with E-state index >= 15 is 0 Å². The smallest absolute Gasteiger partial charge is 0.388 e. The monoisotopic (exact) mass is 192 g/mol. The molecule has 1 atom stereocenters. The lowest BCUT2D eigenvalue weighted by molar-refractivity contribution is 0.373. The van der Waals surface area contributed by atoms with Gasteiger partial charge < -0.3 is 9.05 Å². The first-order chi connectivity index (χ1) is 5.58. The summed E-state index contributed by atoms with van der Waals surface area (Å²) in [6, 6.07) is 3.65. The fraction of sp³-hybridized carbons (Fsp3) is 0. The molecule has 0 saturated carbocycles. The molecule has 12 heavy (non-hydrogen) atoms. The molecule has 3 nitrogen and oxygen atoms in total. The first-order valence-electron chi connectivity index (χ1n) is 3.06. The summed E-state index contributed by atoms with van der Waals surface area (Å²) in [6.45, 7) is 0. The molecule has 2 rings (SSSR count). The van der Waals surface area contributed by atoms with Gasteiger partial charge >= 0.3 is 7.91 Å². The molecule has 1 aliphatic heterocycles. The molecule has 0 bridgehead atoms. The summed E-state index contributed by atoms with van der Waals surface area (Å²) in [5.41, 5.74) is 0. The number of hydrogen-bond acceptors (Lipinski definition) is 3. The molecule has 1 heterocycles. The van der Waals surface area contributed by atoms with Crippen molar-refractivity contribution in [3.8, 4) is 11.5 Å². The highest BCUT2D eigenvalue weighted by molar-refractivity contribution is 7.49. The quantitative estimate of drug-likeness (QED) is 0.592. The van der Waals surface area contributed by atoms with Crippen molar-refractivity contribution in [3.63, 3.8) is 0 Å². The predicted octanol–water partition coefficient (Wildman–Crippen LogP) is 2.67. The van der Waals surface area contributed by atoms with E-state index in [0.29, 0.717) is 0 Å². The third kappa shape index (κ3) is 1.06. The summed E-state index contributed by atoms with van der Waals surface area (Å²) in [6.07, 6.45) is 0. The van der Waals surface area contributed by atoms with Gasteiger partial charge in [-0.25, -0.2) is 8.96 Å². The fourth-order valence-electron chi connectivity index (χ4n) is 0.895. The van der Waals surface area contributed by atoms with Crippen molar-refractivity contribution in [1.29, 1.82) is 0 Å². The maximum Gasteiger partial charge on any atom is 0.629 e. The minimum atomic E-state index is -4.59. The average molecular weight is 192 g/mol. The molecular weight excluding hydrogens is 189 g/mol. The average Bonchev–Trinajstić information content (AvgIpc) is 2.25. The Morgan fingerprint density at radius 1 is 1.33 bits per heavy atom. The van der Waals surface area contributed by atoms with Crippen molar-refractivity contribution in [2.45, 2.75) is 0 Å². The van der Waals surface area contributed by atoms with E-state index in [2.05, 4.69) is 9.05 Å². The standard InChI is InChI=1S/C6H3F2O3P/c7-4-2-1-3-5-6(4)11-12(8,9)10-5/h1-3H. The van der Waals surface area contributed by atoms with Crippen LogP contribution in [0.25, 0.3) is 0 Å². The molecule has 64 valence electrons. The normalized spacial score (nSPS) is 25.8. The summed E-state index contributed by atoms with van der Waals surface area (Å²) < 4.78 is 44.1. The van der Waals surface area contributed by atoms with Crippen LogP contribution in [0.3, 0.4) is 0 Å². The van der Waals surface area contributed by atoms with Gasteiger partial charge in [-0.1, -0.05) is 6.07 Å². The van der Waals surface area contributed by atoms with E-state index < -0.39 is 19.5 Å². The van der Waals surface area contributed by atoms with Crippen LogP contribution in [0.1, 0.15) is 0 Å². The third-order valence-corrected chi connectivity index (χ3v) is 2.15. The van der Waals surface area contributed by atoms with Crippen molar-refractivity contribution < 1.29 is 22.2 Å². The lowest BCUT2D eigenvalue weighted by Gasteiger charge is -1.94. The Hall–Kier alpha value is -1.09. The van der Waals surface area contributed by atoms with Crippen LogP contribution in [0, 0.1) is 5.82 Å². The van der Waals surface area contributed by atoms with Crippen LogP contribution in [-0.2, 0) is 4.57 Å². The van der Waals surface area contributed by atoms with Gasteiger partial charge in [0.15, 0.2) is 11.6 Å². The zero-order chi connectivity index (χ0) is 8.77. The molecule has 0 fully saturated rings. The number of halogens is 2. The highest BCUT2D eigenvalue weighted by Crippen LogP contribution is 2.59. The lowest BCUT2D eigenvalue weighted by atomic mass is 10.3. The first kappa shape index (κ1) is 7.55. The SMILES string of the molecule is O=P1(F)Oc2cccc(F)c2O1. The van der Waals surface area contributed by atoms with Crippen LogP contribution < -0.4 is 9.05 Å². The molecule has 6 heteroatoms. The predicted molar refractivity (Wildman–Crippen MR) is 36.4 cm³/mol. The summed E-state index contributed by atoms with van der Waals surface area (Å²) in [7, 11) is -4.59. The van der Waals surface area contributed by atoms with E-state index in [1.165, 1.54) is 12.1 Å². The van der Waals surface area contributed by atoms with Crippen molar-refractivity contribution in [2.75, 3.05) is 0 Å². The zero-order valence-electron chi connectivity index (χ0n) is 5.66. The zero-order valence-corrected chi connectivity index (χ0v) is 6.55. The number of fused-ring (bicyclic) bond motifs is 1. The Morgan fingerprint density at radius 2 is 2.08 bits per heavy atom. The van der Waals surface area contributed by atoms with Gasteiger partial charge in [-0.3, -0.25) is 0 Å². The Bertz CT molecular complexity index is 379. The maximum atomic E-state index is 12.7. The van der Waals surface area contributed by atoms with Gasteiger partial charge in [-0.15, -0.1) is 4.20 Å². The number of benzene rings is 1. The van der Waals surface area contributed by atoms with Gasteiger partial charge in [-0.05, 0) is 12.1 Å². The number of rotatable bonds is 0. The Labute approximate surface area is 66.6 Å². The highest BCUT2D eigenvalue weighted by atomic mass is 31.2. The number of para-hydroxylation sites is 1. The Balaban J connectivity index is 2.55. The van der Waals surface area contributed by atoms with Crippen LogP contribution in [0.2, 0.25) is 0 Å². The van der Waals surface area contributed by atoms with Gasteiger partial charge in [0.1, 0.15) is 0 Å². The van der Waals surface area contributed by atoms with E-state index in [-0.39, 0.29) is 5.75 Å². The molecule has 0 aliphatic carbocycles. The van der Waals surface area contributed by atoms with Gasteiger partial charge in [0.2, 0.25) is 5.75 Å². The molecule has 0 amide bonds. The Kier molecular flexibility index (Phi) is 1.38. The molecule has 0 radical (unpaired) electrons. The molecule has 1 aliphatic rings. The van der Waals surface area contributed by atoms with Crippen molar-refractivity contribution in [1.82, 2.24) is 0 Å². The molecule has 0 spiro atoms. The first-order valence-corrected chi connectivity index (χ1v) is 4.49. The van der Waals surface area contributed by atoms with Gasteiger partial charge in [0, 0.05) is 0 Å². The second-order valence-electron chi connectivity index (χ2n) is 2.18. The van der Waals surface area contributed by atoms with Crippen molar-refractivity contribution in [3.05, 3.63) is 24.0 Å². The second kappa shape index (κ2) is 2.20. The van der Waals surface area contributed by atoms with Crippen molar-refractivity contribution in [2.24, 2.45) is 0 Å². The molecule has 1 aromatic rings. The van der Waals surface area contributed by atoms with E-state index in [1.54, 1.807) is 0 Å². The highest BCUT2D eigenvalue weighted by Gasteiger charge is 2.39. The summed E-state index contributed by atoms with van der Waals surface area (Å²) in [5.74, 6) is -1.38. The molecule has 0 aromatic heterocycles. The van der Waals surface area contributed by atoms with Crippen molar-refractivity contribution >= 4 is 7.91 Å². The summed E-state index contributed by atoms with van der Waals surface area (Å²) in [5, 5.41) is 0. The van der Waals surface area contributed by atoms with Crippen LogP contribution >= 0.6 is 7.91 Å². The third-order valence-electron chi connectivity index (χ3n) is 1.34. The largest absolute Gasteiger partial charge is 0.629 e. The summed E-state index contributed by atoms with van der Waals surface area (Å²) in [4.78, 5) is 0. The van der Waals surface area contributed by atoms with E-state index in [9.17, 15) is 13.2 Å². The molecule has 1 unspecified atom stereocenters. The van der Waals surface area contributed by atoms with Gasteiger partial charge in [0.05, 0.1) is 0 Å². The van der Waals surface area contributed by atoms with Crippen LogP contribution in [0.15, 0.2) is 18.2 Å². The molecule has 0 N–H and O–H groups in total.